The molecule has 4 rings (SSSR count). The number of nitrogens with zero attached hydrogens (tertiary/aromatic N) is 4. The number of rotatable bonds is 6. The standard InChI is InChI=1S/C23H25IN4O3/c1-17-5-7-19-20(14-17)26-16-28(22(19)30)15-23(31-24)9-12-27(13-10-23)21(29)8-6-18-4-2-3-11-25-18/h2-5,7,11,14,16H,6,8-10,12-13,15H2,1H3. The summed E-state index contributed by atoms with van der Waals surface area (Å²) in [5.41, 5.74) is 2.15. The largest absolute Gasteiger partial charge is 0.342 e. The molecule has 0 radical (unpaired) electrons. The van der Waals surface area contributed by atoms with Crippen LogP contribution in [0.25, 0.3) is 10.9 Å². The first-order valence-corrected chi connectivity index (χ1v) is 11.3. The van der Waals surface area contributed by atoms with Gasteiger partial charge in [-0.3, -0.25) is 19.1 Å². The summed E-state index contributed by atoms with van der Waals surface area (Å²) >= 11 is 1.92. The Hall–Kier alpha value is -2.33. The van der Waals surface area contributed by atoms with Crippen molar-refractivity contribution in [3.05, 3.63) is 70.5 Å². The number of hydrogen-bond acceptors (Lipinski definition) is 5. The molecular formula is C23H25IN4O3. The summed E-state index contributed by atoms with van der Waals surface area (Å²) in [7, 11) is 0. The van der Waals surface area contributed by atoms with Crippen molar-refractivity contribution in [1.29, 1.82) is 0 Å². The van der Waals surface area contributed by atoms with Crippen molar-refractivity contribution in [3.8, 4) is 0 Å². The van der Waals surface area contributed by atoms with E-state index in [4.69, 9.17) is 3.07 Å². The topological polar surface area (TPSA) is 77.3 Å². The lowest BCUT2D eigenvalue weighted by atomic mass is 9.91. The molecule has 0 bridgehead atoms. The van der Waals surface area contributed by atoms with Crippen molar-refractivity contribution in [2.75, 3.05) is 13.1 Å². The van der Waals surface area contributed by atoms with Gasteiger partial charge in [-0.2, -0.15) is 0 Å². The molecule has 31 heavy (non-hydrogen) atoms. The maximum atomic E-state index is 13.0. The SMILES string of the molecule is Cc1ccc2c(=O)n(CC3(OI)CCN(C(=O)CCc4ccccn4)CC3)cnc2c1. The van der Waals surface area contributed by atoms with Crippen molar-refractivity contribution < 1.29 is 7.86 Å². The number of likely N-dealkylation sites (tertiary alicyclic amines) is 1. The number of pyridine rings is 1. The van der Waals surface area contributed by atoms with Gasteiger partial charge in [0.15, 0.2) is 0 Å². The summed E-state index contributed by atoms with van der Waals surface area (Å²) < 4.78 is 7.49. The maximum Gasteiger partial charge on any atom is 0.261 e. The highest BCUT2D eigenvalue weighted by molar-refractivity contribution is 14.1. The average Bonchev–Trinajstić information content (AvgIpc) is 2.80. The van der Waals surface area contributed by atoms with Gasteiger partial charge in [0.25, 0.3) is 5.56 Å². The van der Waals surface area contributed by atoms with Crippen LogP contribution >= 0.6 is 23.0 Å². The molecule has 0 saturated carbocycles. The van der Waals surface area contributed by atoms with Gasteiger partial charge in [-0.05, 0) is 56.0 Å². The zero-order valence-corrected chi connectivity index (χ0v) is 19.6. The molecule has 0 aliphatic carbocycles. The van der Waals surface area contributed by atoms with E-state index in [0.717, 1.165) is 11.3 Å². The van der Waals surface area contributed by atoms with Crippen LogP contribution in [0.1, 0.15) is 30.5 Å². The van der Waals surface area contributed by atoms with E-state index in [1.165, 1.54) is 0 Å². The Labute approximate surface area is 195 Å². The zero-order chi connectivity index (χ0) is 21.8. The van der Waals surface area contributed by atoms with Crippen LogP contribution in [0, 0.1) is 6.92 Å². The Bertz CT molecular complexity index is 1120. The molecule has 0 unspecified atom stereocenters. The van der Waals surface area contributed by atoms with Crippen molar-refractivity contribution >= 4 is 39.8 Å². The van der Waals surface area contributed by atoms with Gasteiger partial charge >= 0.3 is 0 Å². The second kappa shape index (κ2) is 9.44. The summed E-state index contributed by atoms with van der Waals surface area (Å²) in [6, 6.07) is 11.4. The van der Waals surface area contributed by atoms with E-state index in [1.807, 2.05) is 71.2 Å². The van der Waals surface area contributed by atoms with Gasteiger partial charge in [0.2, 0.25) is 5.91 Å². The molecule has 0 spiro atoms. The lowest BCUT2D eigenvalue weighted by Gasteiger charge is -2.40. The van der Waals surface area contributed by atoms with Crippen molar-refractivity contribution in [3.63, 3.8) is 0 Å². The molecule has 1 aromatic carbocycles. The van der Waals surface area contributed by atoms with Crippen molar-refractivity contribution in [2.45, 2.75) is 44.8 Å². The second-order valence-electron chi connectivity index (χ2n) is 8.16. The van der Waals surface area contributed by atoms with Crippen LogP contribution < -0.4 is 5.56 Å². The van der Waals surface area contributed by atoms with Gasteiger partial charge in [0.05, 0.1) is 23.8 Å². The normalized spacial score (nSPS) is 15.9. The van der Waals surface area contributed by atoms with Gasteiger partial charge in [-0.25, -0.2) is 4.98 Å². The Balaban J connectivity index is 1.41. The van der Waals surface area contributed by atoms with E-state index < -0.39 is 5.60 Å². The van der Waals surface area contributed by atoms with Gasteiger partial charge in [-0.1, -0.05) is 12.1 Å². The molecule has 0 atom stereocenters. The van der Waals surface area contributed by atoms with Gasteiger partial charge in [0.1, 0.15) is 28.6 Å². The minimum atomic E-state index is -0.498. The Morgan fingerprint density at radius 3 is 2.71 bits per heavy atom. The Morgan fingerprint density at radius 1 is 1.19 bits per heavy atom. The van der Waals surface area contributed by atoms with Crippen molar-refractivity contribution in [2.24, 2.45) is 0 Å². The molecule has 1 aliphatic heterocycles. The molecule has 1 saturated heterocycles. The monoisotopic (exact) mass is 532 g/mol. The highest BCUT2D eigenvalue weighted by atomic mass is 127. The van der Waals surface area contributed by atoms with E-state index >= 15 is 0 Å². The number of fused-ring (bicyclic) bond motifs is 1. The molecule has 1 amide bonds. The number of carbonyl (C=O) groups is 1. The summed E-state index contributed by atoms with van der Waals surface area (Å²) in [6.45, 7) is 3.62. The van der Waals surface area contributed by atoms with E-state index in [-0.39, 0.29) is 11.5 Å². The van der Waals surface area contributed by atoms with Crippen LogP contribution in [0.4, 0.5) is 0 Å². The predicted octanol–water partition coefficient (Wildman–Crippen LogP) is 3.46. The number of amides is 1. The molecule has 2 aromatic heterocycles. The van der Waals surface area contributed by atoms with E-state index in [1.54, 1.807) is 17.1 Å². The number of carbonyl (C=O) groups excluding carboxylic acids is 1. The summed E-state index contributed by atoms with van der Waals surface area (Å²) in [5.74, 6) is 0.132. The van der Waals surface area contributed by atoms with Crippen LogP contribution in [0.3, 0.4) is 0 Å². The Morgan fingerprint density at radius 2 is 2.00 bits per heavy atom. The van der Waals surface area contributed by atoms with Crippen molar-refractivity contribution in [1.82, 2.24) is 19.4 Å². The highest BCUT2D eigenvalue weighted by Gasteiger charge is 2.37. The van der Waals surface area contributed by atoms with Crippen LogP contribution in [0.2, 0.25) is 0 Å². The summed E-state index contributed by atoms with van der Waals surface area (Å²) in [5, 5.41) is 0.610. The molecule has 0 N–H and O–H groups in total. The molecular weight excluding hydrogens is 507 g/mol. The predicted molar refractivity (Wildman–Crippen MR) is 127 cm³/mol. The minimum Gasteiger partial charge on any atom is -0.342 e. The fourth-order valence-corrected chi connectivity index (χ4v) is 4.63. The number of hydrogen-bond donors (Lipinski definition) is 0. The smallest absolute Gasteiger partial charge is 0.261 e. The fourth-order valence-electron chi connectivity index (χ4n) is 4.05. The maximum absolute atomic E-state index is 13.0. The third-order valence-electron chi connectivity index (χ3n) is 5.95. The number of halogens is 1. The number of piperidine rings is 1. The van der Waals surface area contributed by atoms with Crippen LogP contribution in [0.15, 0.2) is 53.7 Å². The quantitative estimate of drug-likeness (QED) is 0.455. The molecule has 8 heteroatoms. The molecule has 3 aromatic rings. The highest BCUT2D eigenvalue weighted by Crippen LogP contribution is 2.30. The molecule has 1 fully saturated rings. The number of aryl methyl sites for hydroxylation is 2. The number of benzene rings is 1. The molecule has 7 nitrogen and oxygen atoms in total. The molecule has 1 aliphatic rings. The second-order valence-corrected chi connectivity index (χ2v) is 8.60. The molecule has 162 valence electrons. The van der Waals surface area contributed by atoms with E-state index in [2.05, 4.69) is 9.97 Å². The van der Waals surface area contributed by atoms with E-state index in [0.29, 0.717) is 56.2 Å². The van der Waals surface area contributed by atoms with Gasteiger partial charge < -0.3 is 7.97 Å². The summed E-state index contributed by atoms with van der Waals surface area (Å²) in [6.07, 6.45) is 5.78. The first-order valence-electron chi connectivity index (χ1n) is 10.4. The van der Waals surface area contributed by atoms with Crippen LogP contribution in [-0.2, 0) is 20.8 Å². The zero-order valence-electron chi connectivity index (χ0n) is 17.5. The third kappa shape index (κ3) is 4.95. The van der Waals surface area contributed by atoms with E-state index in [9.17, 15) is 9.59 Å². The van der Waals surface area contributed by atoms with Gasteiger partial charge in [-0.15, -0.1) is 0 Å². The Kier molecular flexibility index (Phi) is 6.66. The third-order valence-corrected chi connectivity index (χ3v) is 6.89. The van der Waals surface area contributed by atoms with Crippen LogP contribution in [-0.4, -0.2) is 44.0 Å². The molecule has 3 heterocycles. The lowest BCUT2D eigenvalue weighted by molar-refractivity contribution is -0.134. The number of aromatic nitrogens is 3. The van der Waals surface area contributed by atoms with Crippen LogP contribution in [0.5, 0.6) is 0 Å². The minimum absolute atomic E-state index is 0.0632. The average molecular weight is 532 g/mol. The summed E-state index contributed by atoms with van der Waals surface area (Å²) in [4.78, 5) is 36.2. The first kappa shape index (κ1) is 21.9. The lowest BCUT2D eigenvalue weighted by Crippen LogP contribution is -2.50. The van der Waals surface area contributed by atoms with Gasteiger partial charge in [0, 0.05) is 31.4 Å². The fraction of sp³-hybridized carbons (Fsp3) is 0.391. The first-order chi connectivity index (χ1) is 15.0.